The molecule has 0 spiro atoms. The number of nitrogen functional groups attached to an aromatic ring is 1. The Bertz CT molecular complexity index is 724. The molecule has 0 saturated heterocycles. The van der Waals surface area contributed by atoms with Gasteiger partial charge in [0.25, 0.3) is 0 Å². The summed E-state index contributed by atoms with van der Waals surface area (Å²) >= 11 is 3.27. The molecule has 118 valence electrons. The quantitative estimate of drug-likeness (QED) is 0.519. The van der Waals surface area contributed by atoms with Gasteiger partial charge in [0.2, 0.25) is 0 Å². The van der Waals surface area contributed by atoms with Crippen molar-refractivity contribution in [3.8, 4) is 0 Å². The van der Waals surface area contributed by atoms with E-state index in [-0.39, 0.29) is 6.10 Å². The van der Waals surface area contributed by atoms with Gasteiger partial charge in [0.1, 0.15) is 10.6 Å². The third kappa shape index (κ3) is 3.00. The second-order valence-corrected chi connectivity index (χ2v) is 8.14. The van der Waals surface area contributed by atoms with Gasteiger partial charge in [-0.1, -0.05) is 37.8 Å². The molecule has 0 bridgehead atoms. The molecular formula is C16H21N3OS2. The second kappa shape index (κ2) is 6.18. The first-order valence-electron chi connectivity index (χ1n) is 7.42. The fraction of sp³-hybridized carbons (Fsp3) is 0.500. The largest absolute Gasteiger partial charge is 0.383 e. The molecule has 1 aliphatic rings. The summed E-state index contributed by atoms with van der Waals surface area (Å²) in [4.78, 5) is 11.4. The van der Waals surface area contributed by atoms with Gasteiger partial charge < -0.3 is 10.5 Å². The molecule has 22 heavy (non-hydrogen) atoms. The summed E-state index contributed by atoms with van der Waals surface area (Å²) < 4.78 is 5.95. The Balaban J connectivity index is 1.98. The summed E-state index contributed by atoms with van der Waals surface area (Å²) in [5.74, 6) is 1.90. The van der Waals surface area contributed by atoms with Gasteiger partial charge in [0.15, 0.2) is 5.16 Å². The summed E-state index contributed by atoms with van der Waals surface area (Å²) in [5.41, 5.74) is 8.63. The minimum Gasteiger partial charge on any atom is -0.383 e. The van der Waals surface area contributed by atoms with Gasteiger partial charge >= 0.3 is 0 Å². The van der Waals surface area contributed by atoms with Crippen molar-refractivity contribution in [1.29, 1.82) is 0 Å². The van der Waals surface area contributed by atoms with Crippen molar-refractivity contribution in [2.75, 3.05) is 11.5 Å². The molecular weight excluding hydrogens is 314 g/mol. The first kappa shape index (κ1) is 15.8. The molecule has 2 N–H and O–H groups in total. The van der Waals surface area contributed by atoms with Crippen molar-refractivity contribution in [3.63, 3.8) is 0 Å². The lowest BCUT2D eigenvalue weighted by molar-refractivity contribution is 0.00203. The number of hydrogen-bond donors (Lipinski definition) is 1. The molecule has 2 aromatic heterocycles. The van der Waals surface area contributed by atoms with Crippen LogP contribution in [0.5, 0.6) is 0 Å². The Morgan fingerprint density at radius 2 is 2.27 bits per heavy atom. The minimum atomic E-state index is 0.252. The van der Waals surface area contributed by atoms with E-state index in [0.717, 1.165) is 33.1 Å². The van der Waals surface area contributed by atoms with Crippen LogP contribution in [0.3, 0.4) is 0 Å². The van der Waals surface area contributed by atoms with Crippen LogP contribution in [0.25, 0.3) is 10.2 Å². The maximum Gasteiger partial charge on any atom is 0.191 e. The van der Waals surface area contributed by atoms with Crippen LogP contribution in [0.15, 0.2) is 17.3 Å². The summed E-state index contributed by atoms with van der Waals surface area (Å²) in [6.07, 6.45) is 1.15. The normalized spacial score (nSPS) is 17.9. The molecule has 2 aromatic rings. The van der Waals surface area contributed by atoms with E-state index in [1.807, 2.05) is 6.92 Å². The zero-order valence-electron chi connectivity index (χ0n) is 13.2. The summed E-state index contributed by atoms with van der Waals surface area (Å²) in [6, 6.07) is 0. The number of rotatable bonds is 4. The van der Waals surface area contributed by atoms with Gasteiger partial charge in [-0.15, -0.1) is 11.3 Å². The summed E-state index contributed by atoms with van der Waals surface area (Å²) in [5, 5.41) is 1.77. The molecule has 4 nitrogen and oxygen atoms in total. The van der Waals surface area contributed by atoms with Crippen molar-refractivity contribution in [2.45, 2.75) is 45.1 Å². The fourth-order valence-corrected chi connectivity index (χ4v) is 4.45. The number of aromatic nitrogens is 2. The van der Waals surface area contributed by atoms with Crippen LogP contribution in [0, 0.1) is 5.92 Å². The minimum absolute atomic E-state index is 0.252. The maximum absolute atomic E-state index is 6.23. The highest BCUT2D eigenvalue weighted by molar-refractivity contribution is 7.99. The Kier molecular flexibility index (Phi) is 4.43. The van der Waals surface area contributed by atoms with E-state index in [4.69, 9.17) is 10.5 Å². The van der Waals surface area contributed by atoms with Crippen LogP contribution in [0.4, 0.5) is 5.82 Å². The van der Waals surface area contributed by atoms with Crippen molar-refractivity contribution in [1.82, 2.24) is 9.97 Å². The average Bonchev–Trinajstić information content (AvgIpc) is 2.82. The summed E-state index contributed by atoms with van der Waals surface area (Å²) in [6.45, 7) is 11.0. The highest BCUT2D eigenvalue weighted by Gasteiger charge is 2.27. The van der Waals surface area contributed by atoms with Gasteiger partial charge in [0.05, 0.1) is 18.1 Å². The molecule has 0 aromatic carbocycles. The van der Waals surface area contributed by atoms with Crippen LogP contribution in [0.2, 0.25) is 0 Å². The number of nitrogens with zero attached hydrogens (tertiary/aromatic N) is 2. The highest BCUT2D eigenvalue weighted by Crippen LogP contribution is 2.39. The maximum atomic E-state index is 6.23. The number of thiophene rings is 1. The van der Waals surface area contributed by atoms with Gasteiger partial charge in [-0.3, -0.25) is 0 Å². The molecule has 3 rings (SSSR count). The standard InChI is InChI=1S/C16H21N3OS2/c1-8(2)7-21-16-18-14(17)13-10-5-11(9(3)4)20-6-12(10)22-15(13)19-16/h9,11H,1,5-7H2,2-4H3,(H2,17,18,19)/t11-/m1/s1. The number of fused-ring (bicyclic) bond motifs is 3. The second-order valence-electron chi connectivity index (χ2n) is 6.12. The van der Waals surface area contributed by atoms with Crippen LogP contribution in [0.1, 0.15) is 31.2 Å². The smallest absolute Gasteiger partial charge is 0.191 e. The van der Waals surface area contributed by atoms with Crippen molar-refractivity contribution < 1.29 is 4.74 Å². The van der Waals surface area contributed by atoms with E-state index in [2.05, 4.69) is 30.4 Å². The molecule has 1 atom stereocenters. The average molecular weight is 335 g/mol. The molecule has 6 heteroatoms. The first-order valence-corrected chi connectivity index (χ1v) is 9.22. The number of hydrogen-bond acceptors (Lipinski definition) is 6. The Morgan fingerprint density at radius 3 is 2.95 bits per heavy atom. The number of thioether (sulfide) groups is 1. The van der Waals surface area contributed by atoms with E-state index in [9.17, 15) is 0 Å². The predicted octanol–water partition coefficient (Wildman–Crippen LogP) is 4.04. The predicted molar refractivity (Wildman–Crippen MR) is 94.5 cm³/mol. The zero-order chi connectivity index (χ0) is 15.9. The lowest BCUT2D eigenvalue weighted by Crippen LogP contribution is -2.26. The molecule has 0 radical (unpaired) electrons. The zero-order valence-corrected chi connectivity index (χ0v) is 14.8. The Morgan fingerprint density at radius 1 is 1.50 bits per heavy atom. The van der Waals surface area contributed by atoms with E-state index < -0.39 is 0 Å². The number of nitrogens with two attached hydrogens (primary N) is 1. The monoisotopic (exact) mass is 335 g/mol. The summed E-state index contributed by atoms with van der Waals surface area (Å²) in [7, 11) is 0. The lowest BCUT2D eigenvalue weighted by Gasteiger charge is -2.26. The van der Waals surface area contributed by atoms with E-state index in [1.54, 1.807) is 23.1 Å². The third-order valence-electron chi connectivity index (χ3n) is 3.77. The SMILES string of the molecule is C=C(C)CSc1nc(N)c2c3c(sc2n1)CO[C@@H](C(C)C)C3. The van der Waals surface area contributed by atoms with Crippen LogP contribution >= 0.6 is 23.1 Å². The topological polar surface area (TPSA) is 61.0 Å². The van der Waals surface area contributed by atoms with E-state index >= 15 is 0 Å². The highest BCUT2D eigenvalue weighted by atomic mass is 32.2. The fourth-order valence-electron chi connectivity index (χ4n) is 2.57. The van der Waals surface area contributed by atoms with Crippen LogP contribution < -0.4 is 5.73 Å². The lowest BCUT2D eigenvalue weighted by atomic mass is 9.96. The van der Waals surface area contributed by atoms with Crippen LogP contribution in [-0.2, 0) is 17.8 Å². The van der Waals surface area contributed by atoms with E-state index in [1.165, 1.54) is 10.4 Å². The molecule has 0 unspecified atom stereocenters. The van der Waals surface area contributed by atoms with Crippen molar-refractivity contribution >= 4 is 39.1 Å². The third-order valence-corrected chi connectivity index (χ3v) is 5.94. The van der Waals surface area contributed by atoms with Gasteiger partial charge in [-0.25, -0.2) is 9.97 Å². The Hall–Kier alpha value is -1.11. The van der Waals surface area contributed by atoms with Gasteiger partial charge in [-0.2, -0.15) is 0 Å². The molecule has 0 saturated carbocycles. The van der Waals surface area contributed by atoms with Gasteiger partial charge in [-0.05, 0) is 18.4 Å². The van der Waals surface area contributed by atoms with Crippen molar-refractivity contribution in [2.24, 2.45) is 5.92 Å². The first-order chi connectivity index (χ1) is 10.5. The van der Waals surface area contributed by atoms with Crippen molar-refractivity contribution in [3.05, 3.63) is 22.6 Å². The molecule has 0 fully saturated rings. The number of anilines is 1. The van der Waals surface area contributed by atoms with Gasteiger partial charge in [0, 0.05) is 17.1 Å². The molecule has 3 heterocycles. The van der Waals surface area contributed by atoms with Crippen LogP contribution in [-0.4, -0.2) is 21.8 Å². The molecule has 1 aliphatic heterocycles. The Labute approximate surface area is 139 Å². The molecule has 0 amide bonds. The van der Waals surface area contributed by atoms with E-state index in [0.29, 0.717) is 18.3 Å². The molecule has 0 aliphatic carbocycles. The number of ether oxygens (including phenoxy) is 1.